The van der Waals surface area contributed by atoms with Crippen molar-refractivity contribution in [3.63, 3.8) is 0 Å². The first-order valence-corrected chi connectivity index (χ1v) is 8.92. The molecule has 1 amide bonds. The van der Waals surface area contributed by atoms with E-state index >= 15 is 0 Å². The van der Waals surface area contributed by atoms with Gasteiger partial charge in [-0.15, -0.1) is 32.9 Å². The van der Waals surface area contributed by atoms with Crippen molar-refractivity contribution in [2.45, 2.75) is 19.8 Å². The Kier molecular flexibility index (Phi) is 4.37. The molecule has 0 aliphatic heterocycles. The van der Waals surface area contributed by atoms with Crippen LogP contribution in [0.4, 0.5) is 5.13 Å². The summed E-state index contributed by atoms with van der Waals surface area (Å²) in [5.41, 5.74) is 0.779. The van der Waals surface area contributed by atoms with E-state index in [4.69, 9.17) is 0 Å². The van der Waals surface area contributed by atoms with E-state index in [9.17, 15) is 4.79 Å². The van der Waals surface area contributed by atoms with Crippen molar-refractivity contribution in [3.05, 3.63) is 33.6 Å². The lowest BCUT2D eigenvalue weighted by atomic mass is 10.3. The van der Waals surface area contributed by atoms with Gasteiger partial charge in [-0.25, -0.2) is 4.98 Å². The number of thiophene rings is 1. The smallest absolute Gasteiger partial charge is 0.232 e. The topological polar surface area (TPSA) is 67.8 Å². The maximum atomic E-state index is 12.0. The molecule has 0 unspecified atom stereocenters. The molecule has 0 fully saturated rings. The first-order valence-electron chi connectivity index (χ1n) is 6.35. The lowest BCUT2D eigenvalue weighted by Crippen LogP contribution is -2.14. The van der Waals surface area contributed by atoms with Crippen LogP contribution in [0.1, 0.15) is 17.6 Å². The summed E-state index contributed by atoms with van der Waals surface area (Å²) in [4.78, 5) is 17.6. The molecule has 0 aliphatic carbocycles. The van der Waals surface area contributed by atoms with E-state index in [0.29, 0.717) is 5.13 Å². The summed E-state index contributed by atoms with van der Waals surface area (Å²) in [5, 5.41) is 17.0. The predicted octanol–water partition coefficient (Wildman–Crippen LogP) is 3.47. The molecule has 0 bridgehead atoms. The fourth-order valence-electron chi connectivity index (χ4n) is 1.68. The Hall–Kier alpha value is -1.64. The molecule has 0 aromatic carbocycles. The molecule has 0 saturated carbocycles. The van der Waals surface area contributed by atoms with Crippen LogP contribution in [0, 0.1) is 0 Å². The number of aromatic nitrogens is 3. The van der Waals surface area contributed by atoms with E-state index in [-0.39, 0.29) is 12.3 Å². The average Bonchev–Trinajstić information content (AvgIpc) is 3.19. The van der Waals surface area contributed by atoms with Crippen molar-refractivity contribution < 1.29 is 4.79 Å². The average molecular weight is 336 g/mol. The minimum Gasteiger partial charge on any atom is -0.300 e. The fraction of sp³-hybridized carbons (Fsp3) is 0.231. The Morgan fingerprint density at radius 2 is 2.24 bits per heavy atom. The van der Waals surface area contributed by atoms with Crippen LogP contribution in [0.25, 0.3) is 9.88 Å². The van der Waals surface area contributed by atoms with Crippen molar-refractivity contribution in [1.82, 2.24) is 15.2 Å². The summed E-state index contributed by atoms with van der Waals surface area (Å²) in [6.07, 6.45) is 1.08. The van der Waals surface area contributed by atoms with Crippen molar-refractivity contribution >= 4 is 45.0 Å². The lowest BCUT2D eigenvalue weighted by Gasteiger charge is -1.97. The van der Waals surface area contributed by atoms with Crippen LogP contribution in [0.5, 0.6) is 0 Å². The third-order valence-corrected chi connectivity index (χ3v) is 5.55. The van der Waals surface area contributed by atoms with Crippen molar-refractivity contribution in [2.75, 3.05) is 5.32 Å². The van der Waals surface area contributed by atoms with Gasteiger partial charge in [0.1, 0.15) is 10.0 Å². The zero-order valence-corrected chi connectivity index (χ0v) is 13.6. The second-order valence-corrected chi connectivity index (χ2v) is 7.07. The predicted molar refractivity (Wildman–Crippen MR) is 87.0 cm³/mol. The van der Waals surface area contributed by atoms with E-state index in [1.54, 1.807) is 22.7 Å². The van der Waals surface area contributed by atoms with Gasteiger partial charge in [-0.3, -0.25) is 4.79 Å². The van der Waals surface area contributed by atoms with Crippen LogP contribution >= 0.6 is 34.0 Å². The van der Waals surface area contributed by atoms with Crippen molar-refractivity contribution in [2.24, 2.45) is 0 Å². The van der Waals surface area contributed by atoms with Gasteiger partial charge in [-0.2, -0.15) is 0 Å². The highest BCUT2D eigenvalue weighted by molar-refractivity contribution is 7.20. The number of rotatable bonds is 5. The molecular formula is C13H12N4OS3. The number of hydrogen-bond donors (Lipinski definition) is 1. The highest BCUT2D eigenvalue weighted by atomic mass is 32.1. The number of aryl methyl sites for hydroxylation is 1. The number of thiazole rings is 1. The van der Waals surface area contributed by atoms with Gasteiger partial charge in [0.2, 0.25) is 11.0 Å². The minimum absolute atomic E-state index is 0.114. The SMILES string of the molecule is CCc1nnc(NC(=O)Cc2csc(-c3cccs3)n2)s1. The zero-order chi connectivity index (χ0) is 14.7. The Balaban J connectivity index is 1.62. The van der Waals surface area contributed by atoms with Gasteiger partial charge in [-0.1, -0.05) is 24.3 Å². The molecule has 3 aromatic rings. The molecule has 0 atom stereocenters. The van der Waals surface area contributed by atoms with Gasteiger partial charge in [0.05, 0.1) is 17.0 Å². The highest BCUT2D eigenvalue weighted by Crippen LogP contribution is 2.28. The van der Waals surface area contributed by atoms with E-state index in [2.05, 4.69) is 20.5 Å². The van der Waals surface area contributed by atoms with Crippen LogP contribution in [0.2, 0.25) is 0 Å². The van der Waals surface area contributed by atoms with Crippen molar-refractivity contribution in [3.8, 4) is 9.88 Å². The summed E-state index contributed by atoms with van der Waals surface area (Å²) in [7, 11) is 0. The van der Waals surface area contributed by atoms with Crippen LogP contribution in [-0.4, -0.2) is 21.1 Å². The Labute approximate surface area is 133 Å². The minimum atomic E-state index is -0.114. The maximum Gasteiger partial charge on any atom is 0.232 e. The lowest BCUT2D eigenvalue weighted by molar-refractivity contribution is -0.115. The zero-order valence-electron chi connectivity index (χ0n) is 11.2. The third kappa shape index (κ3) is 3.52. The van der Waals surface area contributed by atoms with Gasteiger partial charge >= 0.3 is 0 Å². The van der Waals surface area contributed by atoms with Gasteiger partial charge in [-0.05, 0) is 17.9 Å². The fourth-order valence-corrected chi connectivity index (χ4v) is 4.01. The Morgan fingerprint density at radius 3 is 2.95 bits per heavy atom. The summed E-state index contributed by atoms with van der Waals surface area (Å²) in [5.74, 6) is -0.114. The molecule has 0 aliphatic rings. The number of anilines is 1. The van der Waals surface area contributed by atoms with Crippen LogP contribution < -0.4 is 5.32 Å². The summed E-state index contributed by atoms with van der Waals surface area (Å²) in [6, 6.07) is 4.02. The Morgan fingerprint density at radius 1 is 1.33 bits per heavy atom. The standard InChI is InChI=1S/C13H12N4OS3/c1-2-11-16-17-13(21-11)15-10(18)6-8-7-20-12(14-8)9-4-3-5-19-9/h3-5,7H,2,6H2,1H3,(H,15,17,18). The molecule has 3 heterocycles. The first kappa shape index (κ1) is 14.3. The second-order valence-electron chi connectivity index (χ2n) is 4.20. The quantitative estimate of drug-likeness (QED) is 0.775. The van der Waals surface area contributed by atoms with Crippen molar-refractivity contribution in [1.29, 1.82) is 0 Å². The van der Waals surface area contributed by atoms with E-state index in [0.717, 1.165) is 27.0 Å². The van der Waals surface area contributed by atoms with E-state index in [1.165, 1.54) is 11.3 Å². The van der Waals surface area contributed by atoms with Gasteiger partial charge in [0.25, 0.3) is 0 Å². The third-order valence-electron chi connectivity index (χ3n) is 2.64. The van der Waals surface area contributed by atoms with Gasteiger partial charge in [0.15, 0.2) is 0 Å². The second kappa shape index (κ2) is 6.42. The largest absolute Gasteiger partial charge is 0.300 e. The highest BCUT2D eigenvalue weighted by Gasteiger charge is 2.11. The van der Waals surface area contributed by atoms with Crippen LogP contribution in [-0.2, 0) is 17.6 Å². The molecular weight excluding hydrogens is 324 g/mol. The number of amides is 1. The number of carbonyl (C=O) groups is 1. The van der Waals surface area contributed by atoms with Gasteiger partial charge < -0.3 is 5.32 Å². The molecule has 3 rings (SSSR count). The summed E-state index contributed by atoms with van der Waals surface area (Å²) < 4.78 is 0. The van der Waals surface area contributed by atoms with Crippen LogP contribution in [0.15, 0.2) is 22.9 Å². The number of carbonyl (C=O) groups excluding carboxylic acids is 1. The molecule has 5 nitrogen and oxygen atoms in total. The molecule has 21 heavy (non-hydrogen) atoms. The van der Waals surface area contributed by atoms with Crippen LogP contribution in [0.3, 0.4) is 0 Å². The number of nitrogens with zero attached hydrogens (tertiary/aromatic N) is 3. The molecule has 0 saturated heterocycles. The maximum absolute atomic E-state index is 12.0. The van der Waals surface area contributed by atoms with E-state index in [1.807, 2.05) is 29.8 Å². The van der Waals surface area contributed by atoms with Gasteiger partial charge in [0, 0.05) is 5.38 Å². The first-order chi connectivity index (χ1) is 10.2. The molecule has 8 heteroatoms. The molecule has 0 radical (unpaired) electrons. The summed E-state index contributed by atoms with van der Waals surface area (Å²) in [6.45, 7) is 2.01. The Bertz CT molecular complexity index is 732. The molecule has 1 N–H and O–H groups in total. The normalized spacial score (nSPS) is 10.7. The molecule has 0 spiro atoms. The molecule has 108 valence electrons. The number of hydrogen-bond acceptors (Lipinski definition) is 7. The monoisotopic (exact) mass is 336 g/mol. The molecule has 3 aromatic heterocycles. The number of nitrogens with one attached hydrogen (secondary N) is 1. The summed E-state index contributed by atoms with van der Waals surface area (Å²) >= 11 is 4.61. The van der Waals surface area contributed by atoms with E-state index < -0.39 is 0 Å².